The van der Waals surface area contributed by atoms with Crippen molar-refractivity contribution < 1.29 is 22.1 Å². The summed E-state index contributed by atoms with van der Waals surface area (Å²) >= 11 is 0. The minimum atomic E-state index is -3.78. The van der Waals surface area contributed by atoms with E-state index in [9.17, 15) is 8.42 Å². The summed E-state index contributed by atoms with van der Waals surface area (Å²) in [5, 5.41) is 0. The van der Waals surface area contributed by atoms with Crippen LogP contribution < -0.4 is 8.92 Å². The molecule has 6 nitrogen and oxygen atoms in total. The Hall–Kier alpha value is -1.31. The maximum absolute atomic E-state index is 11.8. The Morgan fingerprint density at radius 2 is 1.91 bits per heavy atom. The molecule has 0 fully saturated rings. The molecule has 1 atom stereocenters. The van der Waals surface area contributed by atoms with Crippen molar-refractivity contribution in [2.75, 3.05) is 14.1 Å². The van der Waals surface area contributed by atoms with Gasteiger partial charge in [0.15, 0.2) is 0 Å². The van der Waals surface area contributed by atoms with Gasteiger partial charge in [-0.25, -0.2) is 0 Å². The summed E-state index contributed by atoms with van der Waals surface area (Å²) in [7, 11) is -0.939. The van der Waals surface area contributed by atoms with E-state index in [1.165, 1.54) is 14.1 Å². The molecule has 0 aromatic heterocycles. The van der Waals surface area contributed by atoms with Gasteiger partial charge in [-0.3, -0.25) is 0 Å². The molecule has 0 aliphatic carbocycles. The van der Waals surface area contributed by atoms with Gasteiger partial charge in [0.1, 0.15) is 11.5 Å². The summed E-state index contributed by atoms with van der Waals surface area (Å²) in [6, 6.07) is 4.98. The predicted molar refractivity (Wildman–Crippen MR) is 83.3 cm³/mol. The molecule has 0 N–H and O–H groups in total. The third kappa shape index (κ3) is 3.21. The molecule has 0 saturated carbocycles. The Kier molecular flexibility index (Phi) is 4.43. The first-order valence-corrected chi connectivity index (χ1v) is 8.49. The fourth-order valence-electron chi connectivity index (χ4n) is 2.20. The highest BCUT2D eigenvalue weighted by molar-refractivity contribution is 7.84. The maximum Gasteiger partial charge on any atom is 0.384 e. The SMILES string of the molecule is CC(C)OC1Oc2ccc(OS(=O)(=O)N(C)C)cc2C1(C)C. The fraction of sp³-hybridized carbons (Fsp3) is 0.600. The second kappa shape index (κ2) is 5.72. The first-order chi connectivity index (χ1) is 10.0. The van der Waals surface area contributed by atoms with Crippen LogP contribution in [-0.2, 0) is 20.5 Å². The molecule has 0 bridgehead atoms. The monoisotopic (exact) mass is 329 g/mol. The van der Waals surface area contributed by atoms with Gasteiger partial charge >= 0.3 is 10.3 Å². The molecule has 7 heteroatoms. The van der Waals surface area contributed by atoms with Gasteiger partial charge in [-0.05, 0) is 45.9 Å². The molecule has 1 aliphatic heterocycles. The van der Waals surface area contributed by atoms with Crippen molar-refractivity contribution in [1.82, 2.24) is 4.31 Å². The van der Waals surface area contributed by atoms with Gasteiger partial charge in [-0.2, -0.15) is 12.7 Å². The molecule has 2 rings (SSSR count). The minimum absolute atomic E-state index is 0.0310. The Morgan fingerprint density at radius 1 is 1.27 bits per heavy atom. The number of nitrogens with zero attached hydrogens (tertiary/aromatic N) is 1. The lowest BCUT2D eigenvalue weighted by molar-refractivity contribution is -0.128. The van der Waals surface area contributed by atoms with Crippen molar-refractivity contribution in [2.24, 2.45) is 0 Å². The summed E-state index contributed by atoms with van der Waals surface area (Å²) in [5.41, 5.74) is 0.463. The van der Waals surface area contributed by atoms with Gasteiger partial charge in [0.2, 0.25) is 6.29 Å². The van der Waals surface area contributed by atoms with Crippen LogP contribution in [0.5, 0.6) is 11.5 Å². The Bertz CT molecular complexity index is 652. The van der Waals surface area contributed by atoms with Crippen LogP contribution in [-0.4, -0.2) is 39.2 Å². The molecule has 1 aromatic carbocycles. The molecule has 0 spiro atoms. The van der Waals surface area contributed by atoms with Crippen LogP contribution in [0.15, 0.2) is 18.2 Å². The molecule has 0 amide bonds. The van der Waals surface area contributed by atoms with Gasteiger partial charge in [0.05, 0.1) is 11.5 Å². The van der Waals surface area contributed by atoms with Crippen molar-refractivity contribution >= 4 is 10.3 Å². The van der Waals surface area contributed by atoms with Gasteiger partial charge in [-0.15, -0.1) is 0 Å². The van der Waals surface area contributed by atoms with Gasteiger partial charge in [0.25, 0.3) is 0 Å². The molecule has 1 aliphatic rings. The molecule has 0 saturated heterocycles. The Labute approximate surface area is 132 Å². The molecule has 0 radical (unpaired) electrons. The average Bonchev–Trinajstić information content (AvgIpc) is 2.60. The first-order valence-electron chi connectivity index (χ1n) is 7.12. The average molecular weight is 329 g/mol. The van der Waals surface area contributed by atoms with E-state index in [4.69, 9.17) is 13.7 Å². The van der Waals surface area contributed by atoms with Gasteiger partial charge < -0.3 is 13.7 Å². The summed E-state index contributed by atoms with van der Waals surface area (Å²) in [6.45, 7) is 7.88. The molecular formula is C15H23NO5S. The van der Waals surface area contributed by atoms with Crippen molar-refractivity contribution in [3.8, 4) is 11.5 Å². The fourth-order valence-corrected chi connectivity index (χ4v) is 2.69. The van der Waals surface area contributed by atoms with Crippen LogP contribution in [0.25, 0.3) is 0 Å². The zero-order chi connectivity index (χ0) is 16.7. The van der Waals surface area contributed by atoms with E-state index in [0.717, 1.165) is 9.87 Å². The highest BCUT2D eigenvalue weighted by Crippen LogP contribution is 2.45. The van der Waals surface area contributed by atoms with E-state index in [0.29, 0.717) is 5.75 Å². The van der Waals surface area contributed by atoms with E-state index in [1.54, 1.807) is 18.2 Å². The molecule has 1 aromatic rings. The third-order valence-corrected chi connectivity index (χ3v) is 4.81. The van der Waals surface area contributed by atoms with Crippen LogP contribution in [0, 0.1) is 0 Å². The third-order valence-electron chi connectivity index (χ3n) is 3.51. The van der Waals surface area contributed by atoms with E-state index >= 15 is 0 Å². The zero-order valence-electron chi connectivity index (χ0n) is 13.8. The topological polar surface area (TPSA) is 65.1 Å². The highest BCUT2D eigenvalue weighted by Gasteiger charge is 2.43. The first kappa shape index (κ1) is 17.1. The predicted octanol–water partition coefficient (Wildman–Crippen LogP) is 2.29. The largest absolute Gasteiger partial charge is 0.464 e. The second-order valence-electron chi connectivity index (χ2n) is 6.34. The van der Waals surface area contributed by atoms with E-state index in [1.807, 2.05) is 27.7 Å². The number of ether oxygens (including phenoxy) is 2. The molecule has 1 heterocycles. The zero-order valence-corrected chi connectivity index (χ0v) is 14.6. The molecule has 124 valence electrons. The smallest absolute Gasteiger partial charge is 0.384 e. The van der Waals surface area contributed by atoms with E-state index in [2.05, 4.69) is 0 Å². The second-order valence-corrected chi connectivity index (χ2v) is 8.09. The number of benzene rings is 1. The van der Waals surface area contributed by atoms with Gasteiger partial charge in [0, 0.05) is 19.7 Å². The number of hydrogen-bond donors (Lipinski definition) is 0. The van der Waals surface area contributed by atoms with Crippen molar-refractivity contribution in [1.29, 1.82) is 0 Å². The van der Waals surface area contributed by atoms with E-state index in [-0.39, 0.29) is 11.9 Å². The van der Waals surface area contributed by atoms with Gasteiger partial charge in [-0.1, -0.05) is 0 Å². The number of rotatable bonds is 5. The van der Waals surface area contributed by atoms with Crippen LogP contribution in [0.3, 0.4) is 0 Å². The summed E-state index contributed by atoms with van der Waals surface area (Å²) in [4.78, 5) is 0. The van der Waals surface area contributed by atoms with Crippen molar-refractivity contribution in [3.05, 3.63) is 23.8 Å². The normalized spacial score (nSPS) is 20.1. The minimum Gasteiger partial charge on any atom is -0.464 e. The van der Waals surface area contributed by atoms with E-state index < -0.39 is 22.0 Å². The highest BCUT2D eigenvalue weighted by atomic mass is 32.2. The molecule has 22 heavy (non-hydrogen) atoms. The lowest BCUT2D eigenvalue weighted by Crippen LogP contribution is -2.36. The summed E-state index contributed by atoms with van der Waals surface area (Å²) < 4.78 is 41.4. The molecule has 1 unspecified atom stereocenters. The molecular weight excluding hydrogens is 306 g/mol. The summed E-state index contributed by atoms with van der Waals surface area (Å²) in [5.74, 6) is 0.944. The standard InChI is InChI=1S/C15H23NO5S/c1-10(2)19-14-15(3,4)12-9-11(7-8-13(12)20-14)21-22(17,18)16(5)6/h7-10,14H,1-6H3. The number of hydrogen-bond acceptors (Lipinski definition) is 5. The Morgan fingerprint density at radius 3 is 2.45 bits per heavy atom. The quantitative estimate of drug-likeness (QED) is 0.829. The summed E-state index contributed by atoms with van der Waals surface area (Å²) in [6.07, 6.45) is -0.383. The van der Waals surface area contributed by atoms with Crippen LogP contribution in [0.2, 0.25) is 0 Å². The Balaban J connectivity index is 2.31. The van der Waals surface area contributed by atoms with Crippen molar-refractivity contribution in [2.45, 2.75) is 45.5 Å². The maximum atomic E-state index is 11.8. The number of fused-ring (bicyclic) bond motifs is 1. The van der Waals surface area contributed by atoms with Crippen LogP contribution in [0.1, 0.15) is 33.3 Å². The van der Waals surface area contributed by atoms with Crippen LogP contribution >= 0.6 is 0 Å². The van der Waals surface area contributed by atoms with Crippen LogP contribution in [0.4, 0.5) is 0 Å². The lowest BCUT2D eigenvalue weighted by atomic mass is 9.85. The lowest BCUT2D eigenvalue weighted by Gasteiger charge is -2.27. The van der Waals surface area contributed by atoms with Crippen molar-refractivity contribution in [3.63, 3.8) is 0 Å².